The summed E-state index contributed by atoms with van der Waals surface area (Å²) in [6.45, 7) is 5.88. The minimum atomic E-state index is 0.117. The highest BCUT2D eigenvalue weighted by Gasteiger charge is 2.22. The smallest absolute Gasteiger partial charge is 0.106 e. The zero-order valence-electron chi connectivity index (χ0n) is 14.4. The Labute approximate surface area is 136 Å². The van der Waals surface area contributed by atoms with Crippen LogP contribution < -0.4 is 0 Å². The molecule has 1 aliphatic heterocycles. The molecule has 0 bridgehead atoms. The summed E-state index contributed by atoms with van der Waals surface area (Å²) in [5.74, 6) is 0. The van der Waals surface area contributed by atoms with Crippen molar-refractivity contribution in [3.05, 3.63) is 35.4 Å². The fraction of sp³-hybridized carbons (Fsp3) is 0.700. The van der Waals surface area contributed by atoms with Gasteiger partial charge in [-0.15, -0.1) is 0 Å². The summed E-state index contributed by atoms with van der Waals surface area (Å²) in [7, 11) is 0. The largest absolute Gasteiger partial charge is 0.373 e. The van der Waals surface area contributed by atoms with Crippen molar-refractivity contribution in [3.8, 4) is 0 Å². The van der Waals surface area contributed by atoms with Crippen molar-refractivity contribution in [2.24, 2.45) is 0 Å². The van der Waals surface area contributed by atoms with Gasteiger partial charge in [0.15, 0.2) is 0 Å². The molecule has 2 nitrogen and oxygen atoms in total. The Kier molecular flexibility index (Phi) is 7.96. The molecule has 1 aromatic rings. The molecule has 1 heterocycles. The Bertz CT molecular complexity index is 391. The molecule has 1 aliphatic rings. The van der Waals surface area contributed by atoms with Gasteiger partial charge in [-0.05, 0) is 30.4 Å². The van der Waals surface area contributed by atoms with E-state index in [0.29, 0.717) is 12.7 Å². The fourth-order valence-electron chi connectivity index (χ4n) is 3.06. The van der Waals surface area contributed by atoms with Crippen LogP contribution >= 0.6 is 0 Å². The van der Waals surface area contributed by atoms with E-state index in [-0.39, 0.29) is 6.10 Å². The highest BCUT2D eigenvalue weighted by atomic mass is 16.6. The normalized spacial score (nSPS) is 21.9. The number of hydrogen-bond acceptors (Lipinski definition) is 2. The molecule has 124 valence electrons. The van der Waals surface area contributed by atoms with E-state index in [1.807, 2.05) is 0 Å². The SMILES string of the molecule is CCCCCCCc1ccc([C@@H]2CO[C@@H](CCC)CO2)cc1. The molecule has 0 radical (unpaired) electrons. The first-order chi connectivity index (χ1) is 10.8. The zero-order chi connectivity index (χ0) is 15.6. The van der Waals surface area contributed by atoms with Crippen LogP contribution in [-0.2, 0) is 15.9 Å². The van der Waals surface area contributed by atoms with E-state index in [1.54, 1.807) is 0 Å². The second-order valence-electron chi connectivity index (χ2n) is 6.47. The summed E-state index contributed by atoms with van der Waals surface area (Å²) in [5, 5.41) is 0. The number of ether oxygens (including phenoxy) is 2. The Balaban J connectivity index is 1.72. The first-order valence-corrected chi connectivity index (χ1v) is 9.15. The predicted molar refractivity (Wildman–Crippen MR) is 92.2 cm³/mol. The average Bonchev–Trinajstić information content (AvgIpc) is 2.56. The predicted octanol–water partition coefficient (Wildman–Crippen LogP) is 5.46. The maximum atomic E-state index is 5.97. The quantitative estimate of drug-likeness (QED) is 0.564. The summed E-state index contributed by atoms with van der Waals surface area (Å²) >= 11 is 0. The van der Waals surface area contributed by atoms with Gasteiger partial charge < -0.3 is 9.47 Å². The van der Waals surface area contributed by atoms with E-state index in [4.69, 9.17) is 9.47 Å². The number of benzene rings is 1. The molecule has 2 heteroatoms. The standard InChI is InChI=1S/C20H32O2/c1-3-5-6-7-8-10-17-11-13-18(14-12-17)20-16-21-19(9-4-2)15-22-20/h11-14,19-20H,3-10,15-16H2,1-2H3/t19-,20-/m0/s1. The summed E-state index contributed by atoms with van der Waals surface area (Å²) < 4.78 is 11.9. The lowest BCUT2D eigenvalue weighted by Gasteiger charge is -2.29. The van der Waals surface area contributed by atoms with Gasteiger partial charge in [0.25, 0.3) is 0 Å². The summed E-state index contributed by atoms with van der Waals surface area (Å²) in [5.41, 5.74) is 2.70. The lowest BCUT2D eigenvalue weighted by atomic mass is 10.0. The van der Waals surface area contributed by atoms with E-state index in [0.717, 1.165) is 19.4 Å². The minimum Gasteiger partial charge on any atom is -0.373 e. The topological polar surface area (TPSA) is 18.5 Å². The van der Waals surface area contributed by atoms with E-state index in [9.17, 15) is 0 Å². The van der Waals surface area contributed by atoms with Crippen LogP contribution in [0.15, 0.2) is 24.3 Å². The molecule has 22 heavy (non-hydrogen) atoms. The molecule has 0 unspecified atom stereocenters. The second-order valence-corrected chi connectivity index (χ2v) is 6.47. The van der Waals surface area contributed by atoms with Gasteiger partial charge in [-0.25, -0.2) is 0 Å². The van der Waals surface area contributed by atoms with Crippen molar-refractivity contribution in [2.45, 2.75) is 77.4 Å². The maximum absolute atomic E-state index is 5.97. The molecule has 1 fully saturated rings. The monoisotopic (exact) mass is 304 g/mol. The molecular weight excluding hydrogens is 272 g/mol. The zero-order valence-corrected chi connectivity index (χ0v) is 14.4. The molecule has 0 N–H and O–H groups in total. The van der Waals surface area contributed by atoms with Crippen LogP contribution in [0.2, 0.25) is 0 Å². The van der Waals surface area contributed by atoms with Gasteiger partial charge in [0.2, 0.25) is 0 Å². The van der Waals surface area contributed by atoms with Crippen LogP contribution in [0.3, 0.4) is 0 Å². The van der Waals surface area contributed by atoms with Crippen molar-refractivity contribution in [2.75, 3.05) is 13.2 Å². The Hall–Kier alpha value is -0.860. The Morgan fingerprint density at radius 2 is 1.64 bits per heavy atom. The van der Waals surface area contributed by atoms with Gasteiger partial charge >= 0.3 is 0 Å². The molecule has 1 saturated heterocycles. The van der Waals surface area contributed by atoms with E-state index < -0.39 is 0 Å². The van der Waals surface area contributed by atoms with Crippen molar-refractivity contribution in [3.63, 3.8) is 0 Å². The number of aryl methyl sites for hydroxylation is 1. The number of unbranched alkanes of at least 4 members (excludes halogenated alkanes) is 4. The van der Waals surface area contributed by atoms with Crippen LogP contribution in [0.25, 0.3) is 0 Å². The van der Waals surface area contributed by atoms with Crippen molar-refractivity contribution in [1.29, 1.82) is 0 Å². The third-order valence-corrected chi connectivity index (χ3v) is 4.50. The fourth-order valence-corrected chi connectivity index (χ4v) is 3.06. The Morgan fingerprint density at radius 3 is 2.27 bits per heavy atom. The van der Waals surface area contributed by atoms with E-state index >= 15 is 0 Å². The van der Waals surface area contributed by atoms with Gasteiger partial charge in [0.05, 0.1) is 19.3 Å². The number of hydrogen-bond donors (Lipinski definition) is 0. The van der Waals surface area contributed by atoms with Gasteiger partial charge in [0, 0.05) is 0 Å². The highest BCUT2D eigenvalue weighted by Crippen LogP contribution is 2.25. The van der Waals surface area contributed by atoms with E-state index in [2.05, 4.69) is 38.1 Å². The average molecular weight is 304 g/mol. The molecule has 0 spiro atoms. The molecule has 1 aromatic carbocycles. The number of rotatable bonds is 9. The van der Waals surface area contributed by atoms with E-state index in [1.165, 1.54) is 49.7 Å². The Morgan fingerprint density at radius 1 is 0.864 bits per heavy atom. The van der Waals surface area contributed by atoms with Crippen molar-refractivity contribution in [1.82, 2.24) is 0 Å². The summed E-state index contributed by atoms with van der Waals surface area (Å²) in [6.07, 6.45) is 10.6. The van der Waals surface area contributed by atoms with Crippen LogP contribution in [0, 0.1) is 0 Å². The minimum absolute atomic E-state index is 0.117. The third-order valence-electron chi connectivity index (χ3n) is 4.50. The van der Waals surface area contributed by atoms with Crippen molar-refractivity contribution < 1.29 is 9.47 Å². The second kappa shape index (κ2) is 10.0. The lowest BCUT2D eigenvalue weighted by Crippen LogP contribution is -2.30. The molecule has 0 amide bonds. The lowest BCUT2D eigenvalue weighted by molar-refractivity contribution is -0.137. The molecule has 0 aliphatic carbocycles. The molecule has 2 rings (SSSR count). The van der Waals surface area contributed by atoms with Crippen LogP contribution in [0.1, 0.15) is 76.0 Å². The van der Waals surface area contributed by atoms with Gasteiger partial charge in [-0.3, -0.25) is 0 Å². The molecule has 0 saturated carbocycles. The van der Waals surface area contributed by atoms with Gasteiger partial charge in [-0.1, -0.05) is 70.2 Å². The van der Waals surface area contributed by atoms with Gasteiger partial charge in [0.1, 0.15) is 6.10 Å². The summed E-state index contributed by atoms with van der Waals surface area (Å²) in [6, 6.07) is 8.96. The first kappa shape index (κ1) is 17.5. The van der Waals surface area contributed by atoms with Crippen LogP contribution in [0.5, 0.6) is 0 Å². The summed E-state index contributed by atoms with van der Waals surface area (Å²) in [4.78, 5) is 0. The van der Waals surface area contributed by atoms with Crippen LogP contribution in [-0.4, -0.2) is 19.3 Å². The maximum Gasteiger partial charge on any atom is 0.106 e. The highest BCUT2D eigenvalue weighted by molar-refractivity contribution is 5.24. The van der Waals surface area contributed by atoms with Gasteiger partial charge in [-0.2, -0.15) is 0 Å². The molecule has 0 aromatic heterocycles. The van der Waals surface area contributed by atoms with Crippen LogP contribution in [0.4, 0.5) is 0 Å². The molecule has 2 atom stereocenters. The molecular formula is C20H32O2. The first-order valence-electron chi connectivity index (χ1n) is 9.15. The third kappa shape index (κ3) is 5.73. The van der Waals surface area contributed by atoms with Crippen molar-refractivity contribution >= 4 is 0 Å².